The van der Waals surface area contributed by atoms with Crippen LogP contribution in [0.3, 0.4) is 0 Å². The maximum Gasteiger partial charge on any atom is 0.324 e. The summed E-state index contributed by atoms with van der Waals surface area (Å²) < 4.78 is 20.3. The van der Waals surface area contributed by atoms with Crippen LogP contribution in [-0.2, 0) is 19.1 Å². The molecular formula is C14H16O6. The minimum atomic E-state index is -1.11. The Labute approximate surface area is 116 Å². The summed E-state index contributed by atoms with van der Waals surface area (Å²) in [4.78, 5) is 23.9. The normalized spacial score (nSPS) is 12.3. The number of carbonyl (C=O) groups is 2. The lowest BCUT2D eigenvalue weighted by Crippen LogP contribution is -2.26. The Bertz CT molecular complexity index is 492. The predicted molar refractivity (Wildman–Crippen MR) is 68.6 cm³/mol. The van der Waals surface area contributed by atoms with Crippen LogP contribution >= 0.6 is 0 Å². The number of benzene rings is 1. The van der Waals surface area contributed by atoms with E-state index in [1.807, 2.05) is 0 Å². The first-order chi connectivity index (χ1) is 9.67. The minimum Gasteiger partial charge on any atom is -0.465 e. The smallest absolute Gasteiger partial charge is 0.324 e. The summed E-state index contributed by atoms with van der Waals surface area (Å²) in [7, 11) is 0. The summed E-state index contributed by atoms with van der Waals surface area (Å²) in [6.07, 6.45) is 0. The lowest BCUT2D eigenvalue weighted by Gasteiger charge is -2.15. The average Bonchev–Trinajstić information content (AvgIpc) is 2.87. The molecule has 20 heavy (non-hydrogen) atoms. The van der Waals surface area contributed by atoms with Crippen LogP contribution in [0.15, 0.2) is 18.2 Å². The summed E-state index contributed by atoms with van der Waals surface area (Å²) in [5.74, 6) is -1.29. The summed E-state index contributed by atoms with van der Waals surface area (Å²) in [5.41, 5.74) is 0.464. The van der Waals surface area contributed by atoms with Gasteiger partial charge in [0.25, 0.3) is 0 Å². The molecule has 0 aliphatic carbocycles. The fraction of sp³-hybridized carbons (Fsp3) is 0.429. The van der Waals surface area contributed by atoms with Crippen LogP contribution < -0.4 is 9.47 Å². The first kappa shape index (κ1) is 14.2. The number of hydrogen-bond donors (Lipinski definition) is 0. The third-order valence-corrected chi connectivity index (χ3v) is 2.77. The van der Waals surface area contributed by atoms with Gasteiger partial charge < -0.3 is 18.9 Å². The van der Waals surface area contributed by atoms with Gasteiger partial charge in [-0.1, -0.05) is 6.07 Å². The summed E-state index contributed by atoms with van der Waals surface area (Å²) in [5, 5.41) is 0. The van der Waals surface area contributed by atoms with Gasteiger partial charge in [0, 0.05) is 0 Å². The molecule has 0 saturated heterocycles. The van der Waals surface area contributed by atoms with Crippen LogP contribution in [0.2, 0.25) is 0 Å². The molecule has 0 amide bonds. The predicted octanol–water partition coefficient (Wildman–Crippen LogP) is 1.63. The van der Waals surface area contributed by atoms with Crippen molar-refractivity contribution in [2.75, 3.05) is 20.0 Å². The van der Waals surface area contributed by atoms with Crippen LogP contribution in [-0.4, -0.2) is 31.9 Å². The maximum atomic E-state index is 12.0. The molecule has 6 nitrogen and oxygen atoms in total. The van der Waals surface area contributed by atoms with Gasteiger partial charge in [-0.2, -0.15) is 0 Å². The van der Waals surface area contributed by atoms with Crippen LogP contribution in [0.25, 0.3) is 0 Å². The highest BCUT2D eigenvalue weighted by Crippen LogP contribution is 2.35. The summed E-state index contributed by atoms with van der Waals surface area (Å²) in [6.45, 7) is 3.88. The highest BCUT2D eigenvalue weighted by molar-refractivity contribution is 6.01. The third kappa shape index (κ3) is 2.84. The van der Waals surface area contributed by atoms with E-state index in [0.717, 1.165) is 0 Å². The number of hydrogen-bond acceptors (Lipinski definition) is 6. The fourth-order valence-corrected chi connectivity index (χ4v) is 1.91. The molecule has 0 unspecified atom stereocenters. The molecule has 2 rings (SSSR count). The number of ether oxygens (including phenoxy) is 4. The lowest BCUT2D eigenvalue weighted by molar-refractivity contribution is -0.156. The molecule has 1 aromatic rings. The second-order valence-electron chi connectivity index (χ2n) is 4.05. The van der Waals surface area contributed by atoms with E-state index in [0.29, 0.717) is 17.1 Å². The molecule has 0 N–H and O–H groups in total. The summed E-state index contributed by atoms with van der Waals surface area (Å²) in [6, 6.07) is 4.88. The Morgan fingerprint density at radius 2 is 1.70 bits per heavy atom. The second-order valence-corrected chi connectivity index (χ2v) is 4.05. The Morgan fingerprint density at radius 1 is 1.10 bits per heavy atom. The maximum absolute atomic E-state index is 12.0. The van der Waals surface area contributed by atoms with Crippen LogP contribution in [0, 0.1) is 0 Å². The van der Waals surface area contributed by atoms with Gasteiger partial charge in [0.15, 0.2) is 17.4 Å². The average molecular weight is 280 g/mol. The highest BCUT2D eigenvalue weighted by Gasteiger charge is 2.32. The SMILES string of the molecule is CCOC(=O)C(C(=O)OCC)c1ccc2c(c1)OCO2. The molecule has 1 aromatic carbocycles. The standard InChI is InChI=1S/C14H16O6/c1-3-17-13(15)12(14(16)18-4-2)9-5-6-10-11(7-9)20-8-19-10/h5-7,12H,3-4,8H2,1-2H3. The highest BCUT2D eigenvalue weighted by atomic mass is 16.7. The van der Waals surface area contributed by atoms with E-state index in [1.165, 1.54) is 0 Å². The van der Waals surface area contributed by atoms with Crippen molar-refractivity contribution in [1.29, 1.82) is 0 Å². The molecule has 6 heteroatoms. The van der Waals surface area contributed by atoms with Gasteiger partial charge >= 0.3 is 11.9 Å². The fourth-order valence-electron chi connectivity index (χ4n) is 1.91. The van der Waals surface area contributed by atoms with Gasteiger partial charge in [0.1, 0.15) is 0 Å². The third-order valence-electron chi connectivity index (χ3n) is 2.77. The number of esters is 2. The zero-order valence-electron chi connectivity index (χ0n) is 11.4. The topological polar surface area (TPSA) is 71.1 Å². The van der Waals surface area contributed by atoms with Crippen molar-refractivity contribution in [3.05, 3.63) is 23.8 Å². The Morgan fingerprint density at radius 3 is 2.30 bits per heavy atom. The zero-order chi connectivity index (χ0) is 14.5. The molecule has 0 radical (unpaired) electrons. The van der Waals surface area contributed by atoms with Crippen molar-refractivity contribution in [2.24, 2.45) is 0 Å². The van der Waals surface area contributed by atoms with E-state index in [9.17, 15) is 9.59 Å². The summed E-state index contributed by atoms with van der Waals surface area (Å²) >= 11 is 0. The van der Waals surface area contributed by atoms with E-state index >= 15 is 0 Å². The molecule has 0 saturated carbocycles. The molecule has 0 bridgehead atoms. The van der Waals surface area contributed by atoms with Gasteiger partial charge in [0.05, 0.1) is 13.2 Å². The molecule has 108 valence electrons. The molecule has 1 aliphatic heterocycles. The van der Waals surface area contributed by atoms with Gasteiger partial charge in [-0.3, -0.25) is 9.59 Å². The molecule has 0 atom stereocenters. The van der Waals surface area contributed by atoms with Crippen molar-refractivity contribution in [3.8, 4) is 11.5 Å². The monoisotopic (exact) mass is 280 g/mol. The van der Waals surface area contributed by atoms with Gasteiger partial charge in [-0.25, -0.2) is 0 Å². The van der Waals surface area contributed by atoms with E-state index in [4.69, 9.17) is 18.9 Å². The van der Waals surface area contributed by atoms with Crippen molar-refractivity contribution >= 4 is 11.9 Å². The van der Waals surface area contributed by atoms with E-state index in [2.05, 4.69) is 0 Å². The number of carbonyl (C=O) groups excluding carboxylic acids is 2. The van der Waals surface area contributed by atoms with Crippen LogP contribution in [0.1, 0.15) is 25.3 Å². The van der Waals surface area contributed by atoms with Crippen LogP contribution in [0.5, 0.6) is 11.5 Å². The first-order valence-corrected chi connectivity index (χ1v) is 6.40. The number of fused-ring (bicyclic) bond motifs is 1. The molecule has 1 aliphatic rings. The number of rotatable bonds is 5. The van der Waals surface area contributed by atoms with Gasteiger partial charge in [-0.15, -0.1) is 0 Å². The largest absolute Gasteiger partial charge is 0.465 e. The first-order valence-electron chi connectivity index (χ1n) is 6.40. The lowest BCUT2D eigenvalue weighted by atomic mass is 9.99. The second kappa shape index (κ2) is 6.27. The Balaban J connectivity index is 2.30. The van der Waals surface area contributed by atoms with Crippen molar-refractivity contribution in [2.45, 2.75) is 19.8 Å². The van der Waals surface area contributed by atoms with E-state index < -0.39 is 17.9 Å². The van der Waals surface area contributed by atoms with Crippen LogP contribution in [0.4, 0.5) is 0 Å². The molecule has 1 heterocycles. The van der Waals surface area contributed by atoms with Gasteiger partial charge in [0.2, 0.25) is 6.79 Å². The van der Waals surface area contributed by atoms with Crippen molar-refractivity contribution in [3.63, 3.8) is 0 Å². The van der Waals surface area contributed by atoms with Crippen molar-refractivity contribution in [1.82, 2.24) is 0 Å². The zero-order valence-corrected chi connectivity index (χ0v) is 11.4. The minimum absolute atomic E-state index is 0.127. The van der Waals surface area contributed by atoms with E-state index in [-0.39, 0.29) is 20.0 Å². The Hall–Kier alpha value is -2.24. The van der Waals surface area contributed by atoms with E-state index in [1.54, 1.807) is 32.0 Å². The Kier molecular flexibility index (Phi) is 4.45. The molecule has 0 aromatic heterocycles. The molecule has 0 fully saturated rings. The van der Waals surface area contributed by atoms with Gasteiger partial charge in [-0.05, 0) is 31.5 Å². The molecular weight excluding hydrogens is 264 g/mol. The van der Waals surface area contributed by atoms with Crippen molar-refractivity contribution < 1.29 is 28.5 Å². The molecule has 0 spiro atoms. The quantitative estimate of drug-likeness (QED) is 0.603.